The van der Waals surface area contributed by atoms with E-state index >= 15 is 0 Å². The van der Waals surface area contributed by atoms with Gasteiger partial charge < -0.3 is 9.84 Å². The van der Waals surface area contributed by atoms with Crippen molar-refractivity contribution in [3.05, 3.63) is 12.2 Å². The van der Waals surface area contributed by atoms with Crippen LogP contribution < -0.4 is 0 Å². The van der Waals surface area contributed by atoms with E-state index < -0.39 is 0 Å². The van der Waals surface area contributed by atoms with Crippen LogP contribution >= 0.6 is 0 Å². The number of allylic oxidation sites excluding steroid dienone is 1. The molecule has 0 heterocycles. The topological polar surface area (TPSA) is 29.5 Å². The van der Waals surface area contributed by atoms with Crippen molar-refractivity contribution < 1.29 is 9.84 Å². The second-order valence-corrected chi connectivity index (χ2v) is 2.90. The van der Waals surface area contributed by atoms with E-state index in [0.717, 1.165) is 6.42 Å². The zero-order valence-electron chi connectivity index (χ0n) is 6.99. The first-order valence-corrected chi connectivity index (χ1v) is 4.23. The van der Waals surface area contributed by atoms with E-state index in [-0.39, 0.29) is 6.61 Å². The first-order valence-electron chi connectivity index (χ1n) is 4.23. The molecule has 1 N–H and O–H groups in total. The van der Waals surface area contributed by atoms with Crippen molar-refractivity contribution in [3.63, 3.8) is 0 Å². The van der Waals surface area contributed by atoms with E-state index in [9.17, 15) is 0 Å². The van der Waals surface area contributed by atoms with Crippen molar-refractivity contribution >= 4 is 0 Å². The van der Waals surface area contributed by atoms with E-state index in [1.165, 1.54) is 6.42 Å². The molecule has 0 aromatic carbocycles. The molecule has 1 aliphatic carbocycles. The van der Waals surface area contributed by atoms with E-state index in [0.29, 0.717) is 18.6 Å². The standard InChI is InChI=1S/C9H16O2/c1-2-3-8-4-5-9(8)11-7-6-10/h2-3,8-10H,4-7H2,1H3/b3-2+/t8-,9-/m1/s1. The molecule has 2 heteroatoms. The van der Waals surface area contributed by atoms with Gasteiger partial charge in [0.1, 0.15) is 0 Å². The molecule has 1 rings (SSSR count). The van der Waals surface area contributed by atoms with E-state index in [1.54, 1.807) is 0 Å². The van der Waals surface area contributed by atoms with Crippen molar-refractivity contribution in [2.75, 3.05) is 13.2 Å². The summed E-state index contributed by atoms with van der Waals surface area (Å²) in [6.45, 7) is 2.65. The van der Waals surface area contributed by atoms with Crippen LogP contribution in [-0.2, 0) is 4.74 Å². The van der Waals surface area contributed by atoms with Gasteiger partial charge in [0.05, 0.1) is 19.3 Å². The van der Waals surface area contributed by atoms with Crippen LogP contribution in [0.15, 0.2) is 12.2 Å². The molecular formula is C9H16O2. The minimum atomic E-state index is 0.138. The summed E-state index contributed by atoms with van der Waals surface area (Å²) in [7, 11) is 0. The Hall–Kier alpha value is -0.340. The molecule has 0 radical (unpaired) electrons. The lowest BCUT2D eigenvalue weighted by molar-refractivity contribution is -0.0411. The van der Waals surface area contributed by atoms with Gasteiger partial charge in [-0.15, -0.1) is 0 Å². The van der Waals surface area contributed by atoms with Gasteiger partial charge in [-0.2, -0.15) is 0 Å². The highest BCUT2D eigenvalue weighted by atomic mass is 16.5. The molecule has 1 aliphatic rings. The van der Waals surface area contributed by atoms with Gasteiger partial charge in [-0.25, -0.2) is 0 Å². The summed E-state index contributed by atoms with van der Waals surface area (Å²) in [6.07, 6.45) is 7.01. The van der Waals surface area contributed by atoms with Crippen LogP contribution in [0.25, 0.3) is 0 Å². The lowest BCUT2D eigenvalue weighted by atomic mass is 9.81. The molecule has 64 valence electrons. The molecular weight excluding hydrogens is 140 g/mol. The van der Waals surface area contributed by atoms with Crippen LogP contribution in [0.2, 0.25) is 0 Å². The summed E-state index contributed by atoms with van der Waals surface area (Å²) in [5.41, 5.74) is 0. The fourth-order valence-corrected chi connectivity index (χ4v) is 1.37. The van der Waals surface area contributed by atoms with Crippen molar-refractivity contribution in [2.45, 2.75) is 25.9 Å². The first kappa shape index (κ1) is 8.75. The summed E-state index contributed by atoms with van der Waals surface area (Å²) in [6, 6.07) is 0. The molecule has 0 unspecified atom stereocenters. The number of hydrogen-bond donors (Lipinski definition) is 1. The van der Waals surface area contributed by atoms with E-state index in [1.807, 2.05) is 6.92 Å². The fourth-order valence-electron chi connectivity index (χ4n) is 1.37. The molecule has 1 saturated carbocycles. The Balaban J connectivity index is 2.15. The largest absolute Gasteiger partial charge is 0.394 e. The lowest BCUT2D eigenvalue weighted by Crippen LogP contribution is -2.33. The van der Waals surface area contributed by atoms with Crippen LogP contribution in [0.3, 0.4) is 0 Å². The molecule has 0 bridgehead atoms. The van der Waals surface area contributed by atoms with Crippen molar-refractivity contribution in [1.29, 1.82) is 0 Å². The van der Waals surface area contributed by atoms with Gasteiger partial charge >= 0.3 is 0 Å². The summed E-state index contributed by atoms with van der Waals surface area (Å²) in [4.78, 5) is 0. The minimum absolute atomic E-state index is 0.138. The number of aliphatic hydroxyl groups is 1. The van der Waals surface area contributed by atoms with Gasteiger partial charge in [0.15, 0.2) is 0 Å². The SMILES string of the molecule is C/C=C/[C@@H]1CC[C@H]1OCCO. The van der Waals surface area contributed by atoms with Gasteiger partial charge in [-0.05, 0) is 19.8 Å². The summed E-state index contributed by atoms with van der Waals surface area (Å²) in [5.74, 6) is 0.603. The summed E-state index contributed by atoms with van der Waals surface area (Å²) < 4.78 is 5.39. The molecule has 2 nitrogen and oxygen atoms in total. The summed E-state index contributed by atoms with van der Waals surface area (Å²) in [5, 5.41) is 8.51. The maximum absolute atomic E-state index is 8.51. The quantitative estimate of drug-likeness (QED) is 0.622. The smallest absolute Gasteiger partial charge is 0.0701 e. The fraction of sp³-hybridized carbons (Fsp3) is 0.778. The summed E-state index contributed by atoms with van der Waals surface area (Å²) >= 11 is 0. The Kier molecular flexibility index (Phi) is 3.60. The maximum Gasteiger partial charge on any atom is 0.0701 e. The molecule has 1 fully saturated rings. The Bertz CT molecular complexity index is 132. The normalized spacial score (nSPS) is 30.7. The van der Waals surface area contributed by atoms with Crippen LogP contribution in [0.4, 0.5) is 0 Å². The highest BCUT2D eigenvalue weighted by Crippen LogP contribution is 2.31. The predicted molar refractivity (Wildman–Crippen MR) is 44.4 cm³/mol. The molecule has 0 aromatic rings. The second kappa shape index (κ2) is 4.52. The average molecular weight is 156 g/mol. The molecule has 0 saturated heterocycles. The molecule has 11 heavy (non-hydrogen) atoms. The monoisotopic (exact) mass is 156 g/mol. The Morgan fingerprint density at radius 1 is 1.55 bits per heavy atom. The van der Waals surface area contributed by atoms with Gasteiger partial charge in [0.2, 0.25) is 0 Å². The highest BCUT2D eigenvalue weighted by molar-refractivity contribution is 4.96. The van der Waals surface area contributed by atoms with Gasteiger partial charge in [-0.1, -0.05) is 12.2 Å². The first-order chi connectivity index (χ1) is 5.38. The number of hydrogen-bond acceptors (Lipinski definition) is 2. The van der Waals surface area contributed by atoms with Crippen LogP contribution in [-0.4, -0.2) is 24.4 Å². The zero-order chi connectivity index (χ0) is 8.10. The number of aliphatic hydroxyl groups excluding tert-OH is 1. The maximum atomic E-state index is 8.51. The molecule has 0 spiro atoms. The third-order valence-corrected chi connectivity index (χ3v) is 2.12. The Morgan fingerprint density at radius 3 is 2.82 bits per heavy atom. The van der Waals surface area contributed by atoms with Crippen LogP contribution in [0.5, 0.6) is 0 Å². The third-order valence-electron chi connectivity index (χ3n) is 2.12. The van der Waals surface area contributed by atoms with Gasteiger partial charge in [-0.3, -0.25) is 0 Å². The van der Waals surface area contributed by atoms with Crippen molar-refractivity contribution in [3.8, 4) is 0 Å². The van der Waals surface area contributed by atoms with Crippen molar-refractivity contribution in [1.82, 2.24) is 0 Å². The lowest BCUT2D eigenvalue weighted by Gasteiger charge is -2.34. The Labute approximate surface area is 67.9 Å². The van der Waals surface area contributed by atoms with Crippen molar-refractivity contribution in [2.24, 2.45) is 5.92 Å². The molecule has 0 aliphatic heterocycles. The Morgan fingerprint density at radius 2 is 2.36 bits per heavy atom. The van der Waals surface area contributed by atoms with E-state index in [4.69, 9.17) is 9.84 Å². The highest BCUT2D eigenvalue weighted by Gasteiger charge is 2.28. The number of ether oxygens (including phenoxy) is 1. The second-order valence-electron chi connectivity index (χ2n) is 2.90. The molecule has 0 amide bonds. The van der Waals surface area contributed by atoms with Gasteiger partial charge in [0.25, 0.3) is 0 Å². The zero-order valence-corrected chi connectivity index (χ0v) is 6.99. The van der Waals surface area contributed by atoms with Gasteiger partial charge in [0, 0.05) is 5.92 Å². The third kappa shape index (κ3) is 2.31. The molecule has 2 atom stereocenters. The van der Waals surface area contributed by atoms with Crippen LogP contribution in [0, 0.1) is 5.92 Å². The average Bonchev–Trinajstić information content (AvgIpc) is 1.99. The van der Waals surface area contributed by atoms with Crippen LogP contribution in [0.1, 0.15) is 19.8 Å². The molecule has 0 aromatic heterocycles. The van der Waals surface area contributed by atoms with E-state index in [2.05, 4.69) is 12.2 Å². The minimum Gasteiger partial charge on any atom is -0.394 e. The number of rotatable bonds is 4. The predicted octanol–water partition coefficient (Wildman–Crippen LogP) is 1.35.